The van der Waals surface area contributed by atoms with Crippen molar-refractivity contribution in [3.8, 4) is 22.6 Å². The summed E-state index contributed by atoms with van der Waals surface area (Å²) in [6, 6.07) is 13.2. The highest BCUT2D eigenvalue weighted by Crippen LogP contribution is 2.30. The van der Waals surface area contributed by atoms with E-state index >= 15 is 0 Å². The molecule has 2 saturated heterocycles. The summed E-state index contributed by atoms with van der Waals surface area (Å²) in [7, 11) is 1.44. The molecule has 0 saturated carbocycles. The van der Waals surface area contributed by atoms with E-state index < -0.39 is 5.82 Å². The lowest BCUT2D eigenvalue weighted by Crippen LogP contribution is -2.45. The van der Waals surface area contributed by atoms with Gasteiger partial charge in [0.2, 0.25) is 0 Å². The molecule has 3 aromatic rings. The first-order chi connectivity index (χ1) is 16.1. The molecule has 2 aliphatic heterocycles. The molecule has 0 bridgehead atoms. The highest BCUT2D eigenvalue weighted by molar-refractivity contribution is 5.85. The number of rotatable bonds is 5. The van der Waals surface area contributed by atoms with E-state index in [9.17, 15) is 9.18 Å². The van der Waals surface area contributed by atoms with Gasteiger partial charge in [-0.25, -0.2) is 4.39 Å². The van der Waals surface area contributed by atoms with Crippen molar-refractivity contribution in [2.45, 2.75) is 37.9 Å². The lowest BCUT2D eigenvalue weighted by molar-refractivity contribution is -0.142. The first-order valence-corrected chi connectivity index (χ1v) is 11.4. The molecule has 6 nitrogen and oxygen atoms in total. The third kappa shape index (κ3) is 4.50. The molecule has 172 valence electrons. The van der Waals surface area contributed by atoms with Crippen molar-refractivity contribution in [3.05, 3.63) is 54.5 Å². The van der Waals surface area contributed by atoms with E-state index in [0.717, 1.165) is 47.9 Å². The van der Waals surface area contributed by atoms with E-state index in [-0.39, 0.29) is 23.9 Å². The number of carbonyl (C=O) groups excluding carboxylic acids is 1. The van der Waals surface area contributed by atoms with Gasteiger partial charge in [-0.05, 0) is 48.7 Å². The third-order valence-corrected chi connectivity index (χ3v) is 6.42. The fourth-order valence-electron chi connectivity index (χ4n) is 4.55. The Bertz CT molecular complexity index is 1140. The Labute approximate surface area is 192 Å². The molecule has 0 radical (unpaired) electrons. The topological polar surface area (TPSA) is 60.9 Å². The molecule has 0 N–H and O–H groups in total. The highest BCUT2D eigenvalue weighted by atomic mass is 19.1. The zero-order chi connectivity index (χ0) is 22.8. The summed E-state index contributed by atoms with van der Waals surface area (Å²) in [5, 5.41) is 0.718. The number of piperidine rings is 1. The van der Waals surface area contributed by atoms with Crippen LogP contribution in [0.2, 0.25) is 0 Å². The maximum absolute atomic E-state index is 14.4. The first-order valence-electron chi connectivity index (χ1n) is 11.4. The van der Waals surface area contributed by atoms with Gasteiger partial charge >= 0.3 is 0 Å². The maximum Gasteiger partial charge on any atom is 0.251 e. The van der Waals surface area contributed by atoms with E-state index in [1.54, 1.807) is 18.3 Å². The third-order valence-electron chi connectivity index (χ3n) is 6.42. The monoisotopic (exact) mass is 450 g/mol. The Morgan fingerprint density at radius 3 is 2.58 bits per heavy atom. The summed E-state index contributed by atoms with van der Waals surface area (Å²) in [5.41, 5.74) is 2.17. The summed E-state index contributed by atoms with van der Waals surface area (Å²) in [6.07, 6.45) is 4.92. The number of carbonyl (C=O) groups is 1. The molecule has 0 spiro atoms. The van der Waals surface area contributed by atoms with Crippen LogP contribution in [0.5, 0.6) is 11.5 Å². The summed E-state index contributed by atoms with van der Waals surface area (Å²) in [4.78, 5) is 18.7. The average molecular weight is 451 g/mol. The molecule has 2 aliphatic rings. The normalized spacial score (nSPS) is 19.1. The minimum absolute atomic E-state index is 0.0877. The van der Waals surface area contributed by atoms with Gasteiger partial charge in [0.1, 0.15) is 23.5 Å². The number of halogens is 1. The molecule has 1 amide bonds. The largest absolute Gasteiger partial charge is 0.494 e. The molecule has 1 atom stereocenters. The number of likely N-dealkylation sites (tertiary alicyclic amines) is 1. The van der Waals surface area contributed by atoms with Gasteiger partial charge in [-0.2, -0.15) is 0 Å². The molecule has 5 rings (SSSR count). The Morgan fingerprint density at radius 1 is 1.09 bits per heavy atom. The van der Waals surface area contributed by atoms with Crippen LogP contribution in [0, 0.1) is 5.82 Å². The van der Waals surface area contributed by atoms with Gasteiger partial charge in [0.05, 0.1) is 7.11 Å². The number of benzene rings is 2. The highest BCUT2D eigenvalue weighted by Gasteiger charge is 2.31. The fraction of sp³-hybridized carbons (Fsp3) is 0.385. The van der Waals surface area contributed by atoms with Gasteiger partial charge in [0.15, 0.2) is 11.6 Å². The lowest BCUT2D eigenvalue weighted by atomic mass is 10.0. The van der Waals surface area contributed by atoms with Crippen molar-refractivity contribution in [3.63, 3.8) is 0 Å². The molecule has 33 heavy (non-hydrogen) atoms. The zero-order valence-corrected chi connectivity index (χ0v) is 18.6. The molecular formula is C26H27FN2O4. The average Bonchev–Trinajstić information content (AvgIpc) is 3.40. The molecular weight excluding hydrogens is 423 g/mol. The second-order valence-electron chi connectivity index (χ2n) is 8.55. The van der Waals surface area contributed by atoms with Gasteiger partial charge in [-0.15, -0.1) is 0 Å². The van der Waals surface area contributed by atoms with Crippen LogP contribution in [-0.4, -0.2) is 54.8 Å². The molecule has 1 aromatic heterocycles. The van der Waals surface area contributed by atoms with Crippen molar-refractivity contribution < 1.29 is 23.4 Å². The van der Waals surface area contributed by atoms with Crippen LogP contribution >= 0.6 is 0 Å². The smallest absolute Gasteiger partial charge is 0.251 e. The van der Waals surface area contributed by atoms with Crippen molar-refractivity contribution in [1.82, 2.24) is 9.88 Å². The molecule has 2 aromatic carbocycles. The Balaban J connectivity index is 1.21. The van der Waals surface area contributed by atoms with Gasteiger partial charge < -0.3 is 19.1 Å². The Morgan fingerprint density at radius 2 is 1.88 bits per heavy atom. The van der Waals surface area contributed by atoms with E-state index in [4.69, 9.17) is 14.2 Å². The minimum atomic E-state index is -0.450. The van der Waals surface area contributed by atoms with E-state index in [0.29, 0.717) is 25.2 Å². The van der Waals surface area contributed by atoms with Crippen molar-refractivity contribution >= 4 is 16.8 Å². The van der Waals surface area contributed by atoms with Gasteiger partial charge in [-0.1, -0.05) is 12.1 Å². The molecule has 0 unspecified atom stereocenters. The van der Waals surface area contributed by atoms with Crippen molar-refractivity contribution in [1.29, 1.82) is 0 Å². The summed E-state index contributed by atoms with van der Waals surface area (Å²) in [6.45, 7) is 2.09. The van der Waals surface area contributed by atoms with E-state index in [1.165, 1.54) is 7.11 Å². The van der Waals surface area contributed by atoms with E-state index in [2.05, 4.69) is 4.98 Å². The minimum Gasteiger partial charge on any atom is -0.494 e. The first kappa shape index (κ1) is 21.6. The molecule has 7 heteroatoms. The number of amides is 1. The number of fused-ring (bicyclic) bond motifs is 1. The quantitative estimate of drug-likeness (QED) is 0.569. The number of hydrogen-bond donors (Lipinski definition) is 0. The fourth-order valence-corrected chi connectivity index (χ4v) is 4.55. The molecule has 3 heterocycles. The Kier molecular flexibility index (Phi) is 6.13. The second kappa shape index (κ2) is 9.35. The zero-order valence-electron chi connectivity index (χ0n) is 18.6. The lowest BCUT2D eigenvalue weighted by Gasteiger charge is -2.33. The number of aromatic nitrogens is 1. The van der Waals surface area contributed by atoms with Crippen LogP contribution in [0.3, 0.4) is 0 Å². The SMILES string of the molecule is COc1ccc2cc(-c3ccc(OC4CCN(C(=O)[C@H]5CCCO5)CC4)cc3)cnc2c1F. The predicted molar refractivity (Wildman–Crippen MR) is 123 cm³/mol. The van der Waals surface area contributed by atoms with Crippen LogP contribution in [-0.2, 0) is 9.53 Å². The predicted octanol–water partition coefficient (Wildman–Crippen LogP) is 4.60. The summed E-state index contributed by atoms with van der Waals surface area (Å²) < 4.78 is 31.1. The van der Waals surface area contributed by atoms with Crippen LogP contribution in [0.1, 0.15) is 25.7 Å². The summed E-state index contributed by atoms with van der Waals surface area (Å²) >= 11 is 0. The van der Waals surface area contributed by atoms with E-state index in [1.807, 2.05) is 35.2 Å². The second-order valence-corrected chi connectivity index (χ2v) is 8.55. The van der Waals surface area contributed by atoms with Gasteiger partial charge in [0, 0.05) is 49.7 Å². The van der Waals surface area contributed by atoms with Crippen LogP contribution in [0.15, 0.2) is 48.7 Å². The molecule has 2 fully saturated rings. The standard InChI is InChI=1S/C26H27FN2O4/c1-31-22-9-6-18-15-19(16-28-25(18)24(22)27)17-4-7-20(8-5-17)33-21-10-12-29(13-11-21)26(30)23-3-2-14-32-23/h4-9,15-16,21,23H,2-3,10-14H2,1H3/t23-/m1/s1. The van der Waals surface area contributed by atoms with Crippen LogP contribution in [0.4, 0.5) is 4.39 Å². The number of hydrogen-bond acceptors (Lipinski definition) is 5. The van der Waals surface area contributed by atoms with Gasteiger partial charge in [-0.3, -0.25) is 9.78 Å². The molecule has 0 aliphatic carbocycles. The van der Waals surface area contributed by atoms with Crippen LogP contribution in [0.25, 0.3) is 22.0 Å². The number of pyridine rings is 1. The van der Waals surface area contributed by atoms with Crippen molar-refractivity contribution in [2.24, 2.45) is 0 Å². The Hall–Kier alpha value is -3.19. The van der Waals surface area contributed by atoms with Gasteiger partial charge in [0.25, 0.3) is 5.91 Å². The van der Waals surface area contributed by atoms with Crippen molar-refractivity contribution in [2.75, 3.05) is 26.8 Å². The van der Waals surface area contributed by atoms with Crippen LogP contribution < -0.4 is 9.47 Å². The number of ether oxygens (including phenoxy) is 3. The number of nitrogens with zero attached hydrogens (tertiary/aromatic N) is 2. The maximum atomic E-state index is 14.4. The number of methoxy groups -OCH3 is 1. The summed E-state index contributed by atoms with van der Waals surface area (Å²) in [5.74, 6) is 0.657.